The first-order valence-corrected chi connectivity index (χ1v) is 6.61. The molecule has 0 amide bonds. The van der Waals surface area contributed by atoms with Gasteiger partial charge in [-0.2, -0.15) is 5.10 Å². The zero-order valence-corrected chi connectivity index (χ0v) is 11.3. The van der Waals surface area contributed by atoms with Crippen molar-refractivity contribution in [3.05, 3.63) is 76.0 Å². The average molecular weight is 283 g/mol. The van der Waals surface area contributed by atoms with Gasteiger partial charge in [-0.25, -0.2) is 9.07 Å². The van der Waals surface area contributed by atoms with Crippen molar-refractivity contribution in [2.24, 2.45) is 5.73 Å². The zero-order valence-electron chi connectivity index (χ0n) is 11.3. The maximum atomic E-state index is 13.4. The Labute approximate surface area is 120 Å². The third kappa shape index (κ3) is 2.55. The van der Waals surface area contributed by atoms with Crippen molar-refractivity contribution in [2.45, 2.75) is 13.1 Å². The fourth-order valence-electron chi connectivity index (χ4n) is 2.34. The summed E-state index contributed by atoms with van der Waals surface area (Å²) in [6.07, 6.45) is 1.64. The molecule has 0 atom stereocenters. The molecule has 0 unspecified atom stereocenters. The molecule has 3 rings (SSSR count). The van der Waals surface area contributed by atoms with Gasteiger partial charge in [-0.1, -0.05) is 24.3 Å². The predicted octanol–water partition coefficient (Wildman–Crippen LogP) is 2.04. The maximum Gasteiger partial charge on any atom is 0.274 e. The highest BCUT2D eigenvalue weighted by Gasteiger charge is 2.08. The van der Waals surface area contributed by atoms with Crippen molar-refractivity contribution < 1.29 is 4.39 Å². The highest BCUT2D eigenvalue weighted by molar-refractivity contribution is 5.80. The van der Waals surface area contributed by atoms with Gasteiger partial charge in [0.05, 0.1) is 18.1 Å². The van der Waals surface area contributed by atoms with E-state index in [1.807, 2.05) is 18.2 Å². The molecule has 0 aliphatic rings. The number of aromatic nitrogens is 2. The molecular weight excluding hydrogens is 269 g/mol. The molecule has 1 heterocycles. The first-order chi connectivity index (χ1) is 10.2. The van der Waals surface area contributed by atoms with E-state index in [2.05, 4.69) is 5.10 Å². The summed E-state index contributed by atoms with van der Waals surface area (Å²) < 4.78 is 14.7. The lowest BCUT2D eigenvalue weighted by Crippen LogP contribution is -2.24. The second kappa shape index (κ2) is 5.46. The lowest BCUT2D eigenvalue weighted by atomic mass is 10.1. The van der Waals surface area contributed by atoms with Crippen LogP contribution in [0.1, 0.15) is 11.1 Å². The molecule has 4 nitrogen and oxygen atoms in total. The Bertz CT molecular complexity index is 858. The average Bonchev–Trinajstić information content (AvgIpc) is 2.51. The summed E-state index contributed by atoms with van der Waals surface area (Å²) in [4.78, 5) is 12.4. The number of hydrogen-bond acceptors (Lipinski definition) is 3. The fourth-order valence-corrected chi connectivity index (χ4v) is 2.34. The molecule has 0 bridgehead atoms. The quantitative estimate of drug-likeness (QED) is 0.800. The van der Waals surface area contributed by atoms with E-state index < -0.39 is 0 Å². The lowest BCUT2D eigenvalue weighted by Gasteiger charge is -2.10. The van der Waals surface area contributed by atoms with E-state index in [1.54, 1.807) is 18.3 Å². The molecule has 0 saturated carbocycles. The Morgan fingerprint density at radius 3 is 2.76 bits per heavy atom. The summed E-state index contributed by atoms with van der Waals surface area (Å²) in [6.45, 7) is 0.492. The monoisotopic (exact) mass is 283 g/mol. The Kier molecular flexibility index (Phi) is 3.50. The SMILES string of the molecule is NCc1ccc(F)cc1Cn1ncc2ccccc2c1=O. The van der Waals surface area contributed by atoms with Crippen LogP contribution in [0.3, 0.4) is 0 Å². The fraction of sp³-hybridized carbons (Fsp3) is 0.125. The zero-order chi connectivity index (χ0) is 14.8. The normalized spacial score (nSPS) is 11.0. The number of nitrogens with zero attached hydrogens (tertiary/aromatic N) is 2. The van der Waals surface area contributed by atoms with E-state index in [1.165, 1.54) is 16.8 Å². The van der Waals surface area contributed by atoms with Crippen LogP contribution in [0.2, 0.25) is 0 Å². The molecule has 0 aliphatic heterocycles. The van der Waals surface area contributed by atoms with Gasteiger partial charge in [-0.05, 0) is 29.3 Å². The topological polar surface area (TPSA) is 60.9 Å². The summed E-state index contributed by atoms with van der Waals surface area (Å²) in [7, 11) is 0. The van der Waals surface area contributed by atoms with Crippen LogP contribution < -0.4 is 11.3 Å². The van der Waals surface area contributed by atoms with Gasteiger partial charge in [-0.15, -0.1) is 0 Å². The minimum absolute atomic E-state index is 0.194. The van der Waals surface area contributed by atoms with Crippen LogP contribution in [-0.2, 0) is 13.1 Å². The van der Waals surface area contributed by atoms with E-state index in [0.29, 0.717) is 10.9 Å². The number of nitrogens with two attached hydrogens (primary N) is 1. The molecule has 0 aliphatic carbocycles. The van der Waals surface area contributed by atoms with E-state index in [-0.39, 0.29) is 24.5 Å². The van der Waals surface area contributed by atoms with Crippen molar-refractivity contribution >= 4 is 10.8 Å². The highest BCUT2D eigenvalue weighted by Crippen LogP contribution is 2.13. The van der Waals surface area contributed by atoms with Gasteiger partial charge in [0.1, 0.15) is 5.82 Å². The van der Waals surface area contributed by atoms with E-state index in [4.69, 9.17) is 5.73 Å². The summed E-state index contributed by atoms with van der Waals surface area (Å²) in [5, 5.41) is 5.53. The van der Waals surface area contributed by atoms with E-state index in [9.17, 15) is 9.18 Å². The largest absolute Gasteiger partial charge is 0.326 e. The molecule has 0 saturated heterocycles. The second-order valence-electron chi connectivity index (χ2n) is 4.81. The molecule has 3 aromatic rings. The molecule has 0 spiro atoms. The summed E-state index contributed by atoms with van der Waals surface area (Å²) in [6, 6.07) is 11.6. The summed E-state index contributed by atoms with van der Waals surface area (Å²) in [5.74, 6) is -0.351. The summed E-state index contributed by atoms with van der Waals surface area (Å²) >= 11 is 0. The van der Waals surface area contributed by atoms with Crippen LogP contribution in [-0.4, -0.2) is 9.78 Å². The number of halogens is 1. The minimum atomic E-state index is -0.351. The van der Waals surface area contributed by atoms with Gasteiger partial charge >= 0.3 is 0 Å². The van der Waals surface area contributed by atoms with Crippen molar-refractivity contribution in [1.82, 2.24) is 9.78 Å². The Hall–Kier alpha value is -2.53. The molecule has 1 aromatic heterocycles. The van der Waals surface area contributed by atoms with Crippen LogP contribution >= 0.6 is 0 Å². The third-order valence-electron chi connectivity index (χ3n) is 3.47. The molecule has 0 radical (unpaired) electrons. The lowest BCUT2D eigenvalue weighted by molar-refractivity contribution is 0.609. The Balaban J connectivity index is 2.08. The standard InChI is InChI=1S/C16H14FN3O/c17-14-6-5-11(8-18)13(7-14)10-20-16(21)15-4-2-1-3-12(15)9-19-20/h1-7,9H,8,10,18H2. The number of hydrogen-bond donors (Lipinski definition) is 1. The first-order valence-electron chi connectivity index (χ1n) is 6.61. The van der Waals surface area contributed by atoms with Gasteiger partial charge in [0.15, 0.2) is 0 Å². The van der Waals surface area contributed by atoms with Gasteiger partial charge in [0, 0.05) is 11.9 Å². The second-order valence-corrected chi connectivity index (χ2v) is 4.81. The van der Waals surface area contributed by atoms with Crippen molar-refractivity contribution in [1.29, 1.82) is 0 Å². The highest BCUT2D eigenvalue weighted by atomic mass is 19.1. The van der Waals surface area contributed by atoms with Gasteiger partial charge < -0.3 is 5.73 Å². The maximum absolute atomic E-state index is 13.4. The Morgan fingerprint density at radius 2 is 1.95 bits per heavy atom. The first kappa shape index (κ1) is 13.5. The van der Waals surface area contributed by atoms with Crippen LogP contribution in [0.25, 0.3) is 10.8 Å². The van der Waals surface area contributed by atoms with Gasteiger partial charge in [-0.3, -0.25) is 4.79 Å². The molecular formula is C16H14FN3O. The van der Waals surface area contributed by atoms with E-state index in [0.717, 1.165) is 10.9 Å². The van der Waals surface area contributed by atoms with Crippen molar-refractivity contribution in [2.75, 3.05) is 0 Å². The third-order valence-corrected chi connectivity index (χ3v) is 3.47. The minimum Gasteiger partial charge on any atom is -0.326 e. The Morgan fingerprint density at radius 1 is 1.14 bits per heavy atom. The molecule has 2 N–H and O–H groups in total. The number of benzene rings is 2. The van der Waals surface area contributed by atoms with Crippen LogP contribution in [0, 0.1) is 5.82 Å². The smallest absolute Gasteiger partial charge is 0.274 e. The van der Waals surface area contributed by atoms with Gasteiger partial charge in [0.2, 0.25) is 0 Å². The van der Waals surface area contributed by atoms with Crippen LogP contribution in [0.15, 0.2) is 53.5 Å². The molecule has 0 fully saturated rings. The molecule has 2 aromatic carbocycles. The predicted molar refractivity (Wildman–Crippen MR) is 79.4 cm³/mol. The molecule has 21 heavy (non-hydrogen) atoms. The molecule has 106 valence electrons. The summed E-state index contributed by atoms with van der Waals surface area (Å²) in [5.41, 5.74) is 6.93. The van der Waals surface area contributed by atoms with Gasteiger partial charge in [0.25, 0.3) is 5.56 Å². The van der Waals surface area contributed by atoms with Crippen LogP contribution in [0.5, 0.6) is 0 Å². The van der Waals surface area contributed by atoms with Crippen LogP contribution in [0.4, 0.5) is 4.39 Å². The van der Waals surface area contributed by atoms with E-state index >= 15 is 0 Å². The van der Waals surface area contributed by atoms with Crippen molar-refractivity contribution in [3.8, 4) is 0 Å². The number of fused-ring (bicyclic) bond motifs is 1. The van der Waals surface area contributed by atoms with Crippen molar-refractivity contribution in [3.63, 3.8) is 0 Å². The number of rotatable bonds is 3. The molecule has 5 heteroatoms.